The van der Waals surface area contributed by atoms with Gasteiger partial charge in [-0.05, 0) is 44.0 Å². The molecule has 4 aromatic heterocycles. The minimum absolute atomic E-state index is 0.132. The van der Waals surface area contributed by atoms with Crippen molar-refractivity contribution in [3.8, 4) is 22.7 Å². The third kappa shape index (κ3) is 5.44. The van der Waals surface area contributed by atoms with Crippen molar-refractivity contribution >= 4 is 18.1 Å². The molecule has 1 saturated carbocycles. The summed E-state index contributed by atoms with van der Waals surface area (Å²) in [6.07, 6.45) is 6.87. The van der Waals surface area contributed by atoms with Crippen LogP contribution in [0.15, 0.2) is 53.3 Å². The summed E-state index contributed by atoms with van der Waals surface area (Å²) in [5, 5.41) is 20.9. The third-order valence-corrected chi connectivity index (χ3v) is 5.40. The number of halogens is 1. The van der Waals surface area contributed by atoms with E-state index in [1.165, 1.54) is 6.07 Å². The average Bonchev–Trinajstić information content (AvgIpc) is 3.57. The van der Waals surface area contributed by atoms with Crippen molar-refractivity contribution in [1.82, 2.24) is 25.0 Å². The first kappa shape index (κ1) is 23.8. The predicted molar refractivity (Wildman–Crippen MR) is 122 cm³/mol. The van der Waals surface area contributed by atoms with Gasteiger partial charge in [0.05, 0.1) is 35.3 Å². The molecule has 12 heteroatoms. The quantitative estimate of drug-likeness (QED) is 0.266. The summed E-state index contributed by atoms with van der Waals surface area (Å²) in [6.45, 7) is 2.38. The number of pyridine rings is 1. The molecule has 0 unspecified atom stereocenters. The van der Waals surface area contributed by atoms with E-state index in [0.29, 0.717) is 29.4 Å². The van der Waals surface area contributed by atoms with Crippen LogP contribution in [0.2, 0.25) is 0 Å². The number of aromatic amines is 1. The SMILES string of the molecule is CCOC1CC(n2cc(NC(=O)c3ccc(-c4cn[nH]c4)o3)c(-c3cccc(F)n3)n2)C1.O=CO. The molecule has 11 nitrogen and oxygen atoms in total. The number of H-pyrrole nitrogens is 1. The van der Waals surface area contributed by atoms with Crippen LogP contribution < -0.4 is 5.32 Å². The molecule has 0 aromatic carbocycles. The smallest absolute Gasteiger partial charge is 0.291 e. The summed E-state index contributed by atoms with van der Waals surface area (Å²) in [5.41, 5.74) is 1.88. The number of nitrogens with zero attached hydrogens (tertiary/aromatic N) is 4. The van der Waals surface area contributed by atoms with Crippen molar-refractivity contribution in [2.75, 3.05) is 11.9 Å². The number of carbonyl (C=O) groups is 2. The third-order valence-electron chi connectivity index (χ3n) is 5.40. The maximum Gasteiger partial charge on any atom is 0.291 e. The van der Waals surface area contributed by atoms with E-state index in [1.54, 1.807) is 47.5 Å². The number of anilines is 1. The molecule has 0 aliphatic heterocycles. The number of aromatic nitrogens is 5. The van der Waals surface area contributed by atoms with Crippen molar-refractivity contribution in [2.45, 2.75) is 31.9 Å². The van der Waals surface area contributed by atoms with Gasteiger partial charge in [0.2, 0.25) is 5.95 Å². The fraction of sp³-hybridized carbons (Fsp3) is 0.261. The summed E-state index contributed by atoms with van der Waals surface area (Å²) >= 11 is 0. The van der Waals surface area contributed by atoms with Gasteiger partial charge in [-0.15, -0.1) is 0 Å². The van der Waals surface area contributed by atoms with Crippen LogP contribution in [0.25, 0.3) is 22.7 Å². The van der Waals surface area contributed by atoms with Crippen LogP contribution in [-0.2, 0) is 9.53 Å². The Morgan fingerprint density at radius 3 is 2.86 bits per heavy atom. The number of amides is 1. The number of hydrogen-bond acceptors (Lipinski definition) is 7. The highest BCUT2D eigenvalue weighted by molar-refractivity contribution is 6.04. The van der Waals surface area contributed by atoms with E-state index in [9.17, 15) is 9.18 Å². The first-order valence-corrected chi connectivity index (χ1v) is 10.8. The Morgan fingerprint density at radius 1 is 1.37 bits per heavy atom. The van der Waals surface area contributed by atoms with Crippen LogP contribution in [0.5, 0.6) is 0 Å². The zero-order valence-corrected chi connectivity index (χ0v) is 18.7. The number of ether oxygens (including phenoxy) is 1. The number of rotatable bonds is 7. The highest BCUT2D eigenvalue weighted by Crippen LogP contribution is 2.37. The Morgan fingerprint density at radius 2 is 2.17 bits per heavy atom. The molecule has 0 atom stereocenters. The van der Waals surface area contributed by atoms with Gasteiger partial charge in [-0.25, -0.2) is 4.98 Å². The largest absolute Gasteiger partial charge is 0.483 e. The van der Waals surface area contributed by atoms with Gasteiger partial charge < -0.3 is 19.6 Å². The molecular weight excluding hydrogens is 459 g/mol. The molecule has 35 heavy (non-hydrogen) atoms. The molecule has 4 heterocycles. The van der Waals surface area contributed by atoms with E-state index < -0.39 is 11.9 Å². The second-order valence-electron chi connectivity index (χ2n) is 7.63. The number of carboxylic acid groups (broad SMARTS) is 1. The number of hydrogen-bond donors (Lipinski definition) is 3. The molecule has 4 aromatic rings. The second kappa shape index (κ2) is 10.7. The Hall–Kier alpha value is -4.32. The van der Waals surface area contributed by atoms with Crippen LogP contribution in [0.1, 0.15) is 36.4 Å². The van der Waals surface area contributed by atoms with E-state index in [-0.39, 0.29) is 24.4 Å². The monoisotopic (exact) mass is 482 g/mol. The predicted octanol–water partition coefficient (Wildman–Crippen LogP) is 3.76. The van der Waals surface area contributed by atoms with Crippen molar-refractivity contribution in [3.05, 3.63) is 60.6 Å². The molecule has 1 amide bonds. The normalized spacial score (nSPS) is 16.6. The van der Waals surface area contributed by atoms with Gasteiger partial charge in [0.1, 0.15) is 11.5 Å². The lowest BCUT2D eigenvalue weighted by atomic mass is 9.89. The summed E-state index contributed by atoms with van der Waals surface area (Å²) in [5.74, 6) is -0.418. The molecule has 1 aliphatic rings. The topological polar surface area (TPSA) is 148 Å². The van der Waals surface area contributed by atoms with Gasteiger partial charge in [0, 0.05) is 19.0 Å². The highest BCUT2D eigenvalue weighted by atomic mass is 19.1. The fourth-order valence-corrected chi connectivity index (χ4v) is 3.71. The van der Waals surface area contributed by atoms with Gasteiger partial charge in [-0.2, -0.15) is 14.6 Å². The Bertz CT molecular complexity index is 1280. The van der Waals surface area contributed by atoms with Crippen LogP contribution in [-0.4, -0.2) is 55.2 Å². The van der Waals surface area contributed by atoms with E-state index in [4.69, 9.17) is 19.1 Å². The fourth-order valence-electron chi connectivity index (χ4n) is 3.71. The zero-order valence-electron chi connectivity index (χ0n) is 18.7. The van der Waals surface area contributed by atoms with E-state index in [0.717, 1.165) is 18.4 Å². The average molecular weight is 482 g/mol. The summed E-state index contributed by atoms with van der Waals surface area (Å²) in [7, 11) is 0. The Kier molecular flexibility index (Phi) is 7.31. The van der Waals surface area contributed by atoms with Gasteiger partial charge in [-0.1, -0.05) is 6.07 Å². The molecule has 0 radical (unpaired) electrons. The number of nitrogens with one attached hydrogen (secondary N) is 2. The minimum atomic E-state index is -0.620. The maximum atomic E-state index is 13.8. The Labute approximate surface area is 198 Å². The molecule has 0 saturated heterocycles. The van der Waals surface area contributed by atoms with E-state index >= 15 is 0 Å². The first-order valence-electron chi connectivity index (χ1n) is 10.8. The van der Waals surface area contributed by atoms with Crippen LogP contribution in [0.4, 0.5) is 10.1 Å². The molecule has 0 spiro atoms. The molecule has 1 aliphatic carbocycles. The highest BCUT2D eigenvalue weighted by Gasteiger charge is 2.32. The first-order chi connectivity index (χ1) is 17.0. The minimum Gasteiger partial charge on any atom is -0.483 e. The van der Waals surface area contributed by atoms with Crippen LogP contribution in [0.3, 0.4) is 0 Å². The standard InChI is InChI=1S/C22H21FN6O3.CH2O2/c1-2-31-15-8-14(9-15)29-12-17(21(28-29)16-4-3-5-20(23)26-16)27-22(30)19-7-6-18(32-19)13-10-24-25-11-13;2-1-3/h3-7,10-12,14-15H,2,8-9H2,1H3,(H,24,25)(H,27,30);1H,(H,2,3). The van der Waals surface area contributed by atoms with Crippen LogP contribution in [0, 0.1) is 5.95 Å². The zero-order chi connectivity index (χ0) is 24.8. The van der Waals surface area contributed by atoms with Crippen molar-refractivity contribution in [1.29, 1.82) is 0 Å². The van der Waals surface area contributed by atoms with Crippen molar-refractivity contribution < 1.29 is 28.2 Å². The maximum absolute atomic E-state index is 13.8. The summed E-state index contributed by atoms with van der Waals surface area (Å²) in [6, 6.07) is 7.89. The second-order valence-corrected chi connectivity index (χ2v) is 7.63. The molecule has 1 fully saturated rings. The lowest BCUT2D eigenvalue weighted by Gasteiger charge is -2.34. The van der Waals surface area contributed by atoms with E-state index in [1.807, 2.05) is 6.92 Å². The summed E-state index contributed by atoms with van der Waals surface area (Å²) in [4.78, 5) is 25.2. The van der Waals surface area contributed by atoms with Gasteiger partial charge in [0.15, 0.2) is 5.76 Å². The molecule has 3 N–H and O–H groups in total. The van der Waals surface area contributed by atoms with Crippen LogP contribution >= 0.6 is 0 Å². The van der Waals surface area contributed by atoms with Gasteiger partial charge in [-0.3, -0.25) is 19.4 Å². The van der Waals surface area contributed by atoms with Gasteiger partial charge >= 0.3 is 0 Å². The molecule has 5 rings (SSSR count). The lowest BCUT2D eigenvalue weighted by Crippen LogP contribution is -2.33. The van der Waals surface area contributed by atoms with E-state index in [2.05, 4.69) is 25.6 Å². The van der Waals surface area contributed by atoms with Crippen molar-refractivity contribution in [2.24, 2.45) is 0 Å². The molecular formula is C23H23FN6O5. The molecule has 0 bridgehead atoms. The summed E-state index contributed by atoms with van der Waals surface area (Å²) < 4.78 is 26.8. The van der Waals surface area contributed by atoms with Crippen molar-refractivity contribution in [3.63, 3.8) is 0 Å². The number of carbonyl (C=O) groups excluding carboxylic acids is 1. The molecule has 182 valence electrons. The lowest BCUT2D eigenvalue weighted by molar-refractivity contribution is -0.122. The Balaban J connectivity index is 0.000000917. The number of furan rings is 1. The van der Waals surface area contributed by atoms with Gasteiger partial charge in [0.25, 0.3) is 12.4 Å².